The second-order valence-electron chi connectivity index (χ2n) is 0.105. The van der Waals surface area contributed by atoms with Gasteiger partial charge in [-0.15, -0.1) is 12.4 Å². The average molecular weight is 208 g/mol. The Bertz CT molecular complexity index is 21.6. The van der Waals surface area contributed by atoms with Gasteiger partial charge >= 0.3 is 0 Å². The standard InChI is InChI=1S/CH2O2.ClH.H3N.6H2O/c2-1-3;;;;;;;;/h1H,(H,2,3);1H;1H3;6*1H2. The van der Waals surface area contributed by atoms with Crippen LogP contribution in [0.15, 0.2) is 0 Å². The first-order chi connectivity index (χ1) is 1.41. The fourth-order valence-electron chi connectivity index (χ4n) is 0. The maximum Gasteiger partial charge on any atom is 0.290 e. The molecule has 0 aromatic carbocycles. The van der Waals surface area contributed by atoms with Gasteiger partial charge in [-0.25, -0.2) is 0 Å². The van der Waals surface area contributed by atoms with Crippen LogP contribution in [0.25, 0.3) is 0 Å². The molecule has 10 heteroatoms. The fourth-order valence-corrected chi connectivity index (χ4v) is 0. The highest BCUT2D eigenvalue weighted by Gasteiger charge is 1.22. The fraction of sp³-hybridized carbons (Fsp3) is 0. The van der Waals surface area contributed by atoms with E-state index in [0.717, 1.165) is 0 Å². The smallest absolute Gasteiger partial charge is 0.290 e. The van der Waals surface area contributed by atoms with E-state index in [0.29, 0.717) is 0 Å². The van der Waals surface area contributed by atoms with Crippen molar-refractivity contribution in [1.82, 2.24) is 6.15 Å². The number of carbonyl (C=O) groups is 1. The molecule has 9 nitrogen and oxygen atoms in total. The Hall–Kier alpha value is -0.520. The van der Waals surface area contributed by atoms with Gasteiger partial charge in [0, 0.05) is 0 Å². The molecule has 0 radical (unpaired) electrons. The van der Waals surface area contributed by atoms with Gasteiger partial charge in [0.05, 0.1) is 0 Å². The van der Waals surface area contributed by atoms with E-state index >= 15 is 0 Å². The van der Waals surface area contributed by atoms with E-state index in [1.54, 1.807) is 0 Å². The Morgan fingerprint density at radius 3 is 0.818 bits per heavy atom. The zero-order valence-corrected chi connectivity index (χ0v) is 6.36. The normalized spacial score (nSPS) is 1.09. The number of hydrogen-bond acceptors (Lipinski definition) is 2. The van der Waals surface area contributed by atoms with Crippen molar-refractivity contribution >= 4 is 18.9 Å². The van der Waals surface area contributed by atoms with Gasteiger partial charge in [0.2, 0.25) is 0 Å². The van der Waals surface area contributed by atoms with E-state index in [1.165, 1.54) is 0 Å². The van der Waals surface area contributed by atoms with Gasteiger partial charge in [-0.3, -0.25) is 4.79 Å². The molecule has 0 unspecified atom stereocenters. The first kappa shape index (κ1) is 430. The van der Waals surface area contributed by atoms with Crippen LogP contribution in [0.5, 0.6) is 0 Å². The number of rotatable bonds is 0. The maximum absolute atomic E-state index is 8.36. The van der Waals surface area contributed by atoms with Crippen molar-refractivity contribution in [1.29, 1.82) is 0 Å². The minimum Gasteiger partial charge on any atom is -0.483 e. The van der Waals surface area contributed by atoms with E-state index in [-0.39, 0.29) is 57.9 Å². The molecule has 0 atom stereocenters. The third-order valence-electron chi connectivity index (χ3n) is 0. The van der Waals surface area contributed by atoms with Gasteiger partial charge in [0.1, 0.15) is 0 Å². The van der Waals surface area contributed by atoms with Crippen LogP contribution >= 0.6 is 12.4 Å². The van der Waals surface area contributed by atoms with Crippen molar-refractivity contribution in [3.8, 4) is 0 Å². The molecule has 0 aromatic rings. The summed E-state index contributed by atoms with van der Waals surface area (Å²) in [6.07, 6.45) is 0. The Morgan fingerprint density at radius 2 is 0.818 bits per heavy atom. The monoisotopic (exact) mass is 207 g/mol. The summed E-state index contributed by atoms with van der Waals surface area (Å²) < 4.78 is 0. The highest BCUT2D eigenvalue weighted by atomic mass is 35.5. The van der Waals surface area contributed by atoms with Gasteiger partial charge < -0.3 is 44.1 Å². The van der Waals surface area contributed by atoms with Gasteiger partial charge in [0.15, 0.2) is 0 Å². The summed E-state index contributed by atoms with van der Waals surface area (Å²) in [6.45, 7) is -0.250. The summed E-state index contributed by atoms with van der Waals surface area (Å²) in [5, 5.41) is 6.89. The summed E-state index contributed by atoms with van der Waals surface area (Å²) in [4.78, 5) is 8.36. The van der Waals surface area contributed by atoms with Crippen LogP contribution in [-0.2, 0) is 4.79 Å². The summed E-state index contributed by atoms with van der Waals surface area (Å²) >= 11 is 0. The molecule has 0 aromatic heterocycles. The Labute approximate surface area is 68.9 Å². The largest absolute Gasteiger partial charge is 0.483 e. The molecule has 82 valence electrons. The van der Waals surface area contributed by atoms with Crippen molar-refractivity contribution < 1.29 is 42.8 Å². The Balaban J connectivity index is -0.000000000714. The van der Waals surface area contributed by atoms with Crippen LogP contribution in [0.3, 0.4) is 0 Å². The van der Waals surface area contributed by atoms with Crippen molar-refractivity contribution in [3.63, 3.8) is 0 Å². The minimum atomic E-state index is -0.250. The number of carboxylic acid groups (broad SMARTS) is 1. The molecule has 0 spiro atoms. The molecule has 0 aliphatic heterocycles. The van der Waals surface area contributed by atoms with Crippen LogP contribution in [-0.4, -0.2) is 44.4 Å². The lowest BCUT2D eigenvalue weighted by atomic mass is 11.7. The van der Waals surface area contributed by atoms with Crippen LogP contribution in [0.4, 0.5) is 0 Å². The SMILES string of the molecule is Cl.N.O.O.O.O.O.O.O=CO. The van der Waals surface area contributed by atoms with Gasteiger partial charge in [-0.1, -0.05) is 0 Å². The molecule has 0 aliphatic rings. The molecule has 0 heterocycles. The Morgan fingerprint density at radius 1 is 0.818 bits per heavy atom. The van der Waals surface area contributed by atoms with E-state index in [2.05, 4.69) is 0 Å². The third kappa shape index (κ3) is 1960. The zero-order valence-electron chi connectivity index (χ0n) is 5.55. The van der Waals surface area contributed by atoms with Crippen LogP contribution < -0.4 is 6.15 Å². The summed E-state index contributed by atoms with van der Waals surface area (Å²) in [7, 11) is 0. The van der Waals surface area contributed by atoms with Crippen LogP contribution in [0.1, 0.15) is 0 Å². The predicted molar refractivity (Wildman–Crippen MR) is 42.6 cm³/mol. The predicted octanol–water partition coefficient (Wildman–Crippen LogP) is -4.66. The molecule has 0 amide bonds. The molecule has 16 N–H and O–H groups in total. The minimum absolute atomic E-state index is 0. The Kier molecular flexibility index (Phi) is 116000. The lowest BCUT2D eigenvalue weighted by molar-refractivity contribution is -0.122. The van der Waals surface area contributed by atoms with E-state index in [4.69, 9.17) is 9.90 Å². The molecule has 0 rings (SSSR count). The second kappa shape index (κ2) is 2960. The maximum atomic E-state index is 8.36. The van der Waals surface area contributed by atoms with Gasteiger partial charge in [0.25, 0.3) is 6.47 Å². The molecule has 0 saturated carbocycles. The topological polar surface area (TPSA) is 261 Å². The van der Waals surface area contributed by atoms with Crippen LogP contribution in [0.2, 0.25) is 0 Å². The highest BCUT2D eigenvalue weighted by Crippen LogP contribution is 0.966. The van der Waals surface area contributed by atoms with E-state index in [9.17, 15) is 0 Å². The molecular formula is CH18ClNO8. The second-order valence-corrected chi connectivity index (χ2v) is 0.105. The van der Waals surface area contributed by atoms with E-state index in [1.807, 2.05) is 0 Å². The molecular weight excluding hydrogens is 189 g/mol. The summed E-state index contributed by atoms with van der Waals surface area (Å²) in [5.41, 5.74) is 0. The van der Waals surface area contributed by atoms with Crippen molar-refractivity contribution in [3.05, 3.63) is 0 Å². The van der Waals surface area contributed by atoms with Crippen molar-refractivity contribution in [2.24, 2.45) is 0 Å². The van der Waals surface area contributed by atoms with Gasteiger partial charge in [-0.05, 0) is 0 Å². The first-order valence-corrected chi connectivity index (χ1v) is 0.494. The molecule has 0 fully saturated rings. The third-order valence-corrected chi connectivity index (χ3v) is 0. The molecule has 0 aliphatic carbocycles. The quantitative estimate of drug-likeness (QED) is 0.371. The molecule has 11 heavy (non-hydrogen) atoms. The van der Waals surface area contributed by atoms with Gasteiger partial charge in [-0.2, -0.15) is 0 Å². The van der Waals surface area contributed by atoms with Crippen LogP contribution in [0, 0.1) is 0 Å². The molecule has 0 bridgehead atoms. The van der Waals surface area contributed by atoms with Crippen molar-refractivity contribution in [2.45, 2.75) is 0 Å². The molecule has 0 saturated heterocycles. The average Bonchev–Trinajstić information content (AvgIpc) is 0.918. The number of halogens is 1. The number of hydrogen-bond donors (Lipinski definition) is 2. The summed E-state index contributed by atoms with van der Waals surface area (Å²) in [5.74, 6) is 0. The van der Waals surface area contributed by atoms with E-state index < -0.39 is 0 Å². The van der Waals surface area contributed by atoms with Crippen molar-refractivity contribution in [2.75, 3.05) is 0 Å². The zero-order chi connectivity index (χ0) is 2.71. The highest BCUT2D eigenvalue weighted by molar-refractivity contribution is 5.85. The first-order valence-electron chi connectivity index (χ1n) is 0.494. The lowest BCUT2D eigenvalue weighted by Gasteiger charge is -1.34. The lowest BCUT2D eigenvalue weighted by Crippen LogP contribution is -1.49. The summed E-state index contributed by atoms with van der Waals surface area (Å²) in [6, 6.07) is 0.